The fourth-order valence-electron chi connectivity index (χ4n) is 3.10. The fraction of sp³-hybridized carbons (Fsp3) is 0.611. The average Bonchev–Trinajstić information content (AvgIpc) is 2.56. The minimum atomic E-state index is -0.533. The van der Waals surface area contributed by atoms with Crippen molar-refractivity contribution in [3.05, 3.63) is 35.1 Å². The second-order valence-electron chi connectivity index (χ2n) is 6.03. The number of ether oxygens (including phenoxy) is 2. The monoisotopic (exact) mass is 324 g/mol. The molecular formula is C18H25FO4. The molecule has 0 amide bonds. The van der Waals surface area contributed by atoms with Crippen molar-refractivity contribution in [1.29, 1.82) is 0 Å². The third-order valence-electron chi connectivity index (χ3n) is 4.40. The van der Waals surface area contributed by atoms with Gasteiger partial charge in [-0.15, -0.1) is 0 Å². The molecule has 1 aliphatic carbocycles. The van der Waals surface area contributed by atoms with Gasteiger partial charge in [-0.2, -0.15) is 0 Å². The smallest absolute Gasteiger partial charge is 0.308 e. The Morgan fingerprint density at radius 3 is 2.65 bits per heavy atom. The van der Waals surface area contributed by atoms with Crippen LogP contribution in [0.4, 0.5) is 4.39 Å². The average molecular weight is 324 g/mol. The number of esters is 1. The quantitative estimate of drug-likeness (QED) is 0.816. The highest BCUT2D eigenvalue weighted by Crippen LogP contribution is 2.31. The summed E-state index contributed by atoms with van der Waals surface area (Å²) >= 11 is 0. The number of aliphatic hydroxyl groups excluding tert-OH is 1. The highest BCUT2D eigenvalue weighted by atomic mass is 19.1. The number of rotatable bonds is 6. The molecule has 1 aliphatic rings. The number of carbonyl (C=O) groups excluding carboxylic acids is 1. The van der Waals surface area contributed by atoms with Crippen molar-refractivity contribution < 1.29 is 23.8 Å². The number of hydrogen-bond donors (Lipinski definition) is 1. The Bertz CT molecular complexity index is 524. The first kappa shape index (κ1) is 17.9. The van der Waals surface area contributed by atoms with Gasteiger partial charge in [0, 0.05) is 0 Å². The summed E-state index contributed by atoms with van der Waals surface area (Å²) < 4.78 is 24.5. The Morgan fingerprint density at radius 1 is 1.35 bits per heavy atom. The van der Waals surface area contributed by atoms with Crippen molar-refractivity contribution in [2.75, 3.05) is 13.2 Å². The molecule has 0 unspecified atom stereocenters. The van der Waals surface area contributed by atoms with Crippen LogP contribution in [-0.4, -0.2) is 30.4 Å². The van der Waals surface area contributed by atoms with Crippen molar-refractivity contribution >= 4 is 5.97 Å². The molecule has 5 heteroatoms. The van der Waals surface area contributed by atoms with Crippen LogP contribution in [0.5, 0.6) is 0 Å². The first-order chi connectivity index (χ1) is 11.0. The zero-order valence-electron chi connectivity index (χ0n) is 13.8. The van der Waals surface area contributed by atoms with E-state index in [9.17, 15) is 14.3 Å². The molecule has 1 aromatic carbocycles. The summed E-state index contributed by atoms with van der Waals surface area (Å²) in [6, 6.07) is 4.51. The third kappa shape index (κ3) is 4.75. The molecule has 1 saturated carbocycles. The standard InChI is InChI=1S/C18H25FO4/c1-3-22-18(21)13-5-8-15(9-6-13)23-17(11-20)16-10-14(19)7-4-12(16)2/h4,7,10,13,15,17,20H,3,5-6,8-9,11H2,1-2H3/t13-,15+,17-/m0/s1. The molecule has 0 aromatic heterocycles. The van der Waals surface area contributed by atoms with E-state index in [0.717, 1.165) is 31.2 Å². The SMILES string of the molecule is CCOC(=O)[C@H]1CC[C@@H](O[C@@H](CO)c2cc(F)ccc2C)CC1. The lowest BCUT2D eigenvalue weighted by Crippen LogP contribution is -2.29. The zero-order valence-corrected chi connectivity index (χ0v) is 13.8. The molecule has 1 atom stereocenters. The maximum absolute atomic E-state index is 13.4. The van der Waals surface area contributed by atoms with Gasteiger partial charge in [-0.25, -0.2) is 4.39 Å². The fourth-order valence-corrected chi connectivity index (χ4v) is 3.10. The van der Waals surface area contributed by atoms with Gasteiger partial charge in [0.2, 0.25) is 0 Å². The van der Waals surface area contributed by atoms with Crippen molar-refractivity contribution in [3.63, 3.8) is 0 Å². The van der Waals surface area contributed by atoms with Crippen LogP contribution in [0.3, 0.4) is 0 Å². The number of aryl methyl sites for hydroxylation is 1. The number of hydrogen-bond acceptors (Lipinski definition) is 4. The highest BCUT2D eigenvalue weighted by molar-refractivity contribution is 5.72. The normalized spacial score (nSPS) is 22.6. The lowest BCUT2D eigenvalue weighted by Gasteiger charge is -2.30. The molecule has 0 radical (unpaired) electrons. The van der Waals surface area contributed by atoms with Gasteiger partial charge in [-0.05, 0) is 62.8 Å². The van der Waals surface area contributed by atoms with E-state index >= 15 is 0 Å². The van der Waals surface area contributed by atoms with E-state index in [1.807, 2.05) is 6.92 Å². The third-order valence-corrected chi connectivity index (χ3v) is 4.40. The summed E-state index contributed by atoms with van der Waals surface area (Å²) in [5.74, 6) is -0.525. The topological polar surface area (TPSA) is 55.8 Å². The maximum Gasteiger partial charge on any atom is 0.308 e. The molecule has 1 fully saturated rings. The molecule has 1 N–H and O–H groups in total. The lowest BCUT2D eigenvalue weighted by molar-refractivity contribution is -0.150. The molecular weight excluding hydrogens is 299 g/mol. The Morgan fingerprint density at radius 2 is 2.04 bits per heavy atom. The summed E-state index contributed by atoms with van der Waals surface area (Å²) in [6.45, 7) is 3.89. The van der Waals surface area contributed by atoms with E-state index in [2.05, 4.69) is 0 Å². The molecule has 4 nitrogen and oxygen atoms in total. The summed E-state index contributed by atoms with van der Waals surface area (Å²) in [5.41, 5.74) is 1.57. The van der Waals surface area contributed by atoms with Crippen LogP contribution in [0.2, 0.25) is 0 Å². The van der Waals surface area contributed by atoms with Crippen LogP contribution in [-0.2, 0) is 14.3 Å². The molecule has 1 aromatic rings. The van der Waals surface area contributed by atoms with E-state index < -0.39 is 6.10 Å². The zero-order chi connectivity index (χ0) is 16.8. The van der Waals surface area contributed by atoms with Gasteiger partial charge in [-0.1, -0.05) is 6.07 Å². The van der Waals surface area contributed by atoms with Crippen molar-refractivity contribution in [2.45, 2.75) is 51.7 Å². The number of halogens is 1. The molecule has 0 heterocycles. The van der Waals surface area contributed by atoms with Crippen molar-refractivity contribution in [3.8, 4) is 0 Å². The minimum Gasteiger partial charge on any atom is -0.466 e. The minimum absolute atomic E-state index is 0.0273. The van der Waals surface area contributed by atoms with Gasteiger partial charge in [0.1, 0.15) is 11.9 Å². The second-order valence-corrected chi connectivity index (χ2v) is 6.03. The van der Waals surface area contributed by atoms with Gasteiger partial charge >= 0.3 is 5.97 Å². The number of carbonyl (C=O) groups is 1. The summed E-state index contributed by atoms with van der Waals surface area (Å²) in [7, 11) is 0. The predicted octanol–water partition coefficient (Wildman–Crippen LogP) is 3.31. The van der Waals surface area contributed by atoms with Gasteiger partial charge in [0.15, 0.2) is 0 Å². The lowest BCUT2D eigenvalue weighted by atomic mass is 9.87. The first-order valence-electron chi connectivity index (χ1n) is 8.24. The van der Waals surface area contributed by atoms with Crippen LogP contribution in [0.25, 0.3) is 0 Å². The van der Waals surface area contributed by atoms with Gasteiger partial charge in [0.25, 0.3) is 0 Å². The summed E-state index contributed by atoms with van der Waals surface area (Å²) in [6.07, 6.45) is 2.38. The Hall–Kier alpha value is -1.46. The van der Waals surface area contributed by atoms with Gasteiger partial charge in [0.05, 0.1) is 25.2 Å². The Kier molecular flexibility index (Phi) is 6.54. The molecule has 0 spiro atoms. The van der Waals surface area contributed by atoms with E-state index in [0.29, 0.717) is 12.2 Å². The molecule has 23 heavy (non-hydrogen) atoms. The van der Waals surface area contributed by atoms with Crippen molar-refractivity contribution in [2.24, 2.45) is 5.92 Å². The highest BCUT2D eigenvalue weighted by Gasteiger charge is 2.29. The van der Waals surface area contributed by atoms with Gasteiger partial charge in [-0.3, -0.25) is 4.79 Å². The van der Waals surface area contributed by atoms with E-state index in [1.165, 1.54) is 12.1 Å². The summed E-state index contributed by atoms with van der Waals surface area (Å²) in [5, 5.41) is 9.61. The molecule has 128 valence electrons. The molecule has 0 aliphatic heterocycles. The number of aliphatic hydroxyl groups is 1. The van der Waals surface area contributed by atoms with Crippen LogP contribution >= 0.6 is 0 Å². The first-order valence-corrected chi connectivity index (χ1v) is 8.24. The predicted molar refractivity (Wildman–Crippen MR) is 84.4 cm³/mol. The van der Waals surface area contributed by atoms with E-state index in [4.69, 9.17) is 9.47 Å². The van der Waals surface area contributed by atoms with E-state index in [1.54, 1.807) is 13.0 Å². The maximum atomic E-state index is 13.4. The molecule has 2 rings (SSSR count). The van der Waals surface area contributed by atoms with E-state index in [-0.39, 0.29) is 30.4 Å². The largest absolute Gasteiger partial charge is 0.466 e. The van der Waals surface area contributed by atoms with Crippen LogP contribution in [0.1, 0.15) is 49.8 Å². The van der Waals surface area contributed by atoms with Crippen LogP contribution in [0.15, 0.2) is 18.2 Å². The van der Waals surface area contributed by atoms with Crippen LogP contribution < -0.4 is 0 Å². The summed E-state index contributed by atoms with van der Waals surface area (Å²) in [4.78, 5) is 11.7. The second kappa shape index (κ2) is 8.41. The molecule has 0 saturated heterocycles. The Labute approximate surface area is 136 Å². The Balaban J connectivity index is 1.93. The van der Waals surface area contributed by atoms with Crippen LogP contribution in [0, 0.1) is 18.7 Å². The van der Waals surface area contributed by atoms with Crippen molar-refractivity contribution in [1.82, 2.24) is 0 Å². The van der Waals surface area contributed by atoms with Gasteiger partial charge < -0.3 is 14.6 Å². The molecule has 0 bridgehead atoms. The number of benzene rings is 1.